The Bertz CT molecular complexity index is 700. The molecule has 0 aliphatic carbocycles. The van der Waals surface area contributed by atoms with Crippen LogP contribution in [0.3, 0.4) is 0 Å². The first-order valence-corrected chi connectivity index (χ1v) is 7.30. The van der Waals surface area contributed by atoms with Gasteiger partial charge in [0.2, 0.25) is 0 Å². The number of aromatic nitrogens is 1. The molecule has 2 aromatic rings. The van der Waals surface area contributed by atoms with E-state index in [1.807, 2.05) is 0 Å². The van der Waals surface area contributed by atoms with Crippen LogP contribution in [-0.4, -0.2) is 12.4 Å². The molecule has 2 rings (SSSR count). The van der Waals surface area contributed by atoms with Crippen LogP contribution in [0.1, 0.15) is 18.2 Å². The number of aryl methyl sites for hydroxylation is 1. The first kappa shape index (κ1) is 14.6. The molecule has 0 N–H and O–H groups in total. The van der Waals surface area contributed by atoms with Crippen molar-refractivity contribution in [3.05, 3.63) is 53.9 Å². The van der Waals surface area contributed by atoms with E-state index in [-0.39, 0.29) is 4.90 Å². The van der Waals surface area contributed by atoms with Crippen LogP contribution >= 0.6 is 0 Å². The number of alkyl halides is 3. The summed E-state index contributed by atoms with van der Waals surface area (Å²) in [6.07, 6.45) is -2.59. The van der Waals surface area contributed by atoms with E-state index in [4.69, 9.17) is 0 Å². The minimum Gasteiger partial charge on any atom is -0.246 e. The average Bonchev–Trinajstić information content (AvgIpc) is 2.87. The maximum atomic E-state index is 12.5. The zero-order chi connectivity index (χ0) is 15.0. The molecule has 0 saturated carbocycles. The molecule has 0 bridgehead atoms. The third-order valence-corrected chi connectivity index (χ3v) is 4.64. The lowest BCUT2D eigenvalue weighted by molar-refractivity contribution is -0.137. The summed E-state index contributed by atoms with van der Waals surface area (Å²) < 4.78 is 63.1. The monoisotopic (exact) mass is 303 g/mol. The Morgan fingerprint density at radius 2 is 1.70 bits per heavy atom. The van der Waals surface area contributed by atoms with Crippen molar-refractivity contribution in [3.63, 3.8) is 0 Å². The van der Waals surface area contributed by atoms with Gasteiger partial charge >= 0.3 is 6.18 Å². The molecule has 3 nitrogen and oxygen atoms in total. The summed E-state index contributed by atoms with van der Waals surface area (Å²) in [5.41, 5.74) is -0.301. The van der Waals surface area contributed by atoms with Gasteiger partial charge in [-0.3, -0.25) is 0 Å². The fourth-order valence-electron chi connectivity index (χ4n) is 1.84. The van der Waals surface area contributed by atoms with E-state index in [0.29, 0.717) is 12.1 Å². The minimum absolute atomic E-state index is 0.170. The van der Waals surface area contributed by atoms with Crippen LogP contribution in [0.2, 0.25) is 0 Å². The molecule has 0 saturated heterocycles. The maximum Gasteiger partial charge on any atom is 0.416 e. The number of hydrogen-bond donors (Lipinski definition) is 0. The molecule has 7 heteroatoms. The standard InChI is InChI=1S/C13H12F3NO2S/c1-2-11-4-3-9-17(11)20(18,19)12-7-5-10(6-8-12)13(14,15)16/h3-9H,2H2,1H3. The van der Waals surface area contributed by atoms with Gasteiger partial charge in [-0.25, -0.2) is 12.4 Å². The second-order valence-electron chi connectivity index (χ2n) is 4.18. The van der Waals surface area contributed by atoms with Gasteiger partial charge < -0.3 is 0 Å². The largest absolute Gasteiger partial charge is 0.416 e. The third kappa shape index (κ3) is 2.58. The molecule has 108 valence electrons. The van der Waals surface area contributed by atoms with E-state index in [9.17, 15) is 21.6 Å². The molecule has 0 aliphatic heterocycles. The molecule has 0 fully saturated rings. The lowest BCUT2D eigenvalue weighted by Gasteiger charge is -2.11. The van der Waals surface area contributed by atoms with Crippen LogP contribution in [-0.2, 0) is 22.6 Å². The van der Waals surface area contributed by atoms with Crippen LogP contribution in [0.25, 0.3) is 0 Å². The van der Waals surface area contributed by atoms with Crippen molar-refractivity contribution in [2.24, 2.45) is 0 Å². The summed E-state index contributed by atoms with van der Waals surface area (Å²) in [6.45, 7) is 1.80. The van der Waals surface area contributed by atoms with Crippen molar-refractivity contribution in [3.8, 4) is 0 Å². The van der Waals surface area contributed by atoms with Crippen molar-refractivity contribution in [1.82, 2.24) is 3.97 Å². The van der Waals surface area contributed by atoms with Gasteiger partial charge in [0.05, 0.1) is 10.5 Å². The normalized spacial score (nSPS) is 12.6. The van der Waals surface area contributed by atoms with E-state index in [1.165, 1.54) is 6.20 Å². The predicted molar refractivity (Wildman–Crippen MR) is 67.8 cm³/mol. The van der Waals surface area contributed by atoms with Crippen molar-refractivity contribution in [2.75, 3.05) is 0 Å². The topological polar surface area (TPSA) is 39.1 Å². The van der Waals surface area contributed by atoms with Gasteiger partial charge in [-0.15, -0.1) is 0 Å². The Morgan fingerprint density at radius 1 is 1.10 bits per heavy atom. The molecular weight excluding hydrogens is 291 g/mol. The Morgan fingerprint density at radius 3 is 2.20 bits per heavy atom. The van der Waals surface area contributed by atoms with Crippen LogP contribution in [0.5, 0.6) is 0 Å². The highest BCUT2D eigenvalue weighted by Gasteiger charge is 2.30. The molecule has 0 unspecified atom stereocenters. The van der Waals surface area contributed by atoms with E-state index >= 15 is 0 Å². The first-order valence-electron chi connectivity index (χ1n) is 5.86. The Kier molecular flexibility index (Phi) is 3.64. The summed E-state index contributed by atoms with van der Waals surface area (Å²) >= 11 is 0. The highest BCUT2D eigenvalue weighted by molar-refractivity contribution is 7.90. The number of benzene rings is 1. The van der Waals surface area contributed by atoms with Crippen LogP contribution < -0.4 is 0 Å². The second-order valence-corrected chi connectivity index (χ2v) is 5.99. The number of rotatable bonds is 3. The summed E-state index contributed by atoms with van der Waals surface area (Å²) in [4.78, 5) is -0.170. The van der Waals surface area contributed by atoms with Crippen molar-refractivity contribution >= 4 is 10.0 Å². The highest BCUT2D eigenvalue weighted by Crippen LogP contribution is 2.30. The zero-order valence-corrected chi connectivity index (χ0v) is 11.4. The van der Waals surface area contributed by atoms with E-state index in [2.05, 4.69) is 0 Å². The van der Waals surface area contributed by atoms with Gasteiger partial charge in [0, 0.05) is 11.9 Å². The molecular formula is C13H12F3NO2S. The van der Waals surface area contributed by atoms with Gasteiger partial charge in [-0.1, -0.05) is 6.92 Å². The minimum atomic E-state index is -4.48. The molecule has 0 aliphatic rings. The Hall–Kier alpha value is -1.76. The second kappa shape index (κ2) is 4.97. The summed E-state index contributed by atoms with van der Waals surface area (Å²) in [5.74, 6) is 0. The molecule has 0 atom stereocenters. The molecule has 0 spiro atoms. The molecule has 1 aromatic heterocycles. The van der Waals surface area contributed by atoms with Crippen LogP contribution in [0.4, 0.5) is 13.2 Å². The van der Waals surface area contributed by atoms with Gasteiger partial charge in [0.25, 0.3) is 10.0 Å². The first-order chi connectivity index (χ1) is 9.26. The Labute approximate surface area is 114 Å². The van der Waals surface area contributed by atoms with Gasteiger partial charge in [-0.2, -0.15) is 13.2 Å². The fourth-order valence-corrected chi connectivity index (χ4v) is 3.28. The van der Waals surface area contributed by atoms with Gasteiger partial charge in [-0.05, 0) is 42.8 Å². The van der Waals surface area contributed by atoms with Crippen molar-refractivity contribution in [2.45, 2.75) is 24.4 Å². The summed E-state index contributed by atoms with van der Waals surface area (Å²) in [5, 5.41) is 0. The van der Waals surface area contributed by atoms with E-state index < -0.39 is 21.8 Å². The van der Waals surface area contributed by atoms with E-state index in [1.54, 1.807) is 19.1 Å². The van der Waals surface area contributed by atoms with Crippen LogP contribution in [0.15, 0.2) is 47.5 Å². The maximum absolute atomic E-state index is 12.5. The summed E-state index contributed by atoms with van der Waals surface area (Å²) in [6, 6.07) is 6.71. The summed E-state index contributed by atoms with van der Waals surface area (Å²) in [7, 11) is -3.85. The number of nitrogens with zero attached hydrogens (tertiary/aromatic N) is 1. The SMILES string of the molecule is CCc1cccn1S(=O)(=O)c1ccc(C(F)(F)F)cc1. The van der Waals surface area contributed by atoms with Gasteiger partial charge in [0.1, 0.15) is 0 Å². The quantitative estimate of drug-likeness (QED) is 0.872. The van der Waals surface area contributed by atoms with Crippen molar-refractivity contribution < 1.29 is 21.6 Å². The Balaban J connectivity index is 2.46. The molecule has 0 radical (unpaired) electrons. The zero-order valence-electron chi connectivity index (χ0n) is 10.6. The molecule has 0 amide bonds. The smallest absolute Gasteiger partial charge is 0.246 e. The average molecular weight is 303 g/mol. The lowest BCUT2D eigenvalue weighted by atomic mass is 10.2. The van der Waals surface area contributed by atoms with E-state index in [0.717, 1.165) is 28.2 Å². The fraction of sp³-hybridized carbons (Fsp3) is 0.231. The molecule has 20 heavy (non-hydrogen) atoms. The van der Waals surface area contributed by atoms with Crippen LogP contribution in [0, 0.1) is 0 Å². The number of hydrogen-bond acceptors (Lipinski definition) is 2. The molecule has 1 aromatic carbocycles. The predicted octanol–water partition coefficient (Wildman–Crippen LogP) is 3.31. The lowest BCUT2D eigenvalue weighted by Crippen LogP contribution is -2.15. The van der Waals surface area contributed by atoms with Gasteiger partial charge in [0.15, 0.2) is 0 Å². The highest BCUT2D eigenvalue weighted by atomic mass is 32.2. The number of halogens is 3. The molecule has 1 heterocycles. The van der Waals surface area contributed by atoms with Crippen molar-refractivity contribution in [1.29, 1.82) is 0 Å². The third-order valence-electron chi connectivity index (χ3n) is 2.89.